The number of Topliss-reactive ketones (excluding diaryl/α,β-unsaturated/α-hetero) is 1. The highest BCUT2D eigenvalue weighted by molar-refractivity contribution is 7.79. The number of carbonyl (C=O) groups is 3. The highest BCUT2D eigenvalue weighted by Crippen LogP contribution is 2.26. The number of aromatic amines is 2. The molecule has 29 heavy (non-hydrogen) atoms. The van der Waals surface area contributed by atoms with Gasteiger partial charge in [-0.1, -0.05) is 19.1 Å². The summed E-state index contributed by atoms with van der Waals surface area (Å²) in [5.74, 6) is -1.42. The maximum Gasteiger partial charge on any atom is 0.340 e. The van der Waals surface area contributed by atoms with E-state index in [-0.39, 0.29) is 29.9 Å². The molecule has 2 aromatic heterocycles. The van der Waals surface area contributed by atoms with E-state index in [1.165, 1.54) is 14.2 Å². The van der Waals surface area contributed by atoms with Crippen molar-refractivity contribution < 1.29 is 23.9 Å². The number of carbonyl (C=O) groups excluding carboxylic acids is 3. The summed E-state index contributed by atoms with van der Waals surface area (Å²) >= 11 is 5.08. The summed E-state index contributed by atoms with van der Waals surface area (Å²) in [6.45, 7) is 5.85. The number of H-pyrrole nitrogens is 2. The van der Waals surface area contributed by atoms with E-state index in [9.17, 15) is 14.4 Å². The summed E-state index contributed by atoms with van der Waals surface area (Å²) in [6.07, 6.45) is 1.19. The molecule has 0 radical (unpaired) electrons. The number of aromatic nitrogens is 2. The van der Waals surface area contributed by atoms with E-state index in [0.29, 0.717) is 12.0 Å². The fourth-order valence-corrected chi connectivity index (χ4v) is 3.71. The quantitative estimate of drug-likeness (QED) is 0.368. The zero-order chi connectivity index (χ0) is 21.7. The SMILES string of the molecule is CCc1c(Cc2[nH]c(C(=O)CCC(=O)OC)c(C(=O)OC)c2C)[nH]c(C=S)c1C. The van der Waals surface area contributed by atoms with Gasteiger partial charge in [-0.25, -0.2) is 4.79 Å². The second kappa shape index (κ2) is 9.65. The Balaban J connectivity index is 2.45. The van der Waals surface area contributed by atoms with Crippen LogP contribution in [0.15, 0.2) is 0 Å². The molecule has 0 atom stereocenters. The summed E-state index contributed by atoms with van der Waals surface area (Å²) in [7, 11) is 2.54. The van der Waals surface area contributed by atoms with Crippen molar-refractivity contribution in [1.29, 1.82) is 0 Å². The summed E-state index contributed by atoms with van der Waals surface area (Å²) in [4.78, 5) is 42.8. The molecular weight excluding hydrogens is 392 g/mol. The molecule has 2 aromatic rings. The molecule has 2 rings (SSSR count). The highest BCUT2D eigenvalue weighted by atomic mass is 32.1. The number of rotatable bonds is 9. The fourth-order valence-electron chi connectivity index (χ4n) is 3.48. The minimum absolute atomic E-state index is 0.0584. The molecule has 156 valence electrons. The predicted octanol–water partition coefficient (Wildman–Crippen LogP) is 3.38. The fraction of sp³-hybridized carbons (Fsp3) is 0.429. The number of hydrogen-bond acceptors (Lipinski definition) is 6. The Labute approximate surface area is 175 Å². The topological polar surface area (TPSA) is 101 Å². The number of methoxy groups -OCH3 is 2. The molecule has 8 heteroatoms. The first-order chi connectivity index (χ1) is 13.8. The largest absolute Gasteiger partial charge is 0.469 e. The number of ketones is 1. The predicted molar refractivity (Wildman–Crippen MR) is 113 cm³/mol. The van der Waals surface area contributed by atoms with Crippen LogP contribution in [0.5, 0.6) is 0 Å². The first-order valence-electron chi connectivity index (χ1n) is 9.34. The van der Waals surface area contributed by atoms with Crippen LogP contribution in [0.3, 0.4) is 0 Å². The smallest absolute Gasteiger partial charge is 0.340 e. The number of hydrogen-bond donors (Lipinski definition) is 2. The standard InChI is InChI=1S/C21H26N2O5S/c1-6-13-11(2)16(10-29)22-15(13)9-14-12(3)19(21(26)28-5)20(23-14)17(24)7-8-18(25)27-4/h10,22-23H,6-9H2,1-5H3. The lowest BCUT2D eigenvalue weighted by atomic mass is 10.0. The van der Waals surface area contributed by atoms with Crippen LogP contribution in [-0.4, -0.2) is 47.3 Å². The molecule has 0 unspecified atom stereocenters. The van der Waals surface area contributed by atoms with Gasteiger partial charge in [0.25, 0.3) is 0 Å². The van der Waals surface area contributed by atoms with Gasteiger partial charge < -0.3 is 19.4 Å². The highest BCUT2D eigenvalue weighted by Gasteiger charge is 2.26. The van der Waals surface area contributed by atoms with Crippen LogP contribution < -0.4 is 0 Å². The van der Waals surface area contributed by atoms with Crippen molar-refractivity contribution in [3.8, 4) is 0 Å². The zero-order valence-electron chi connectivity index (χ0n) is 17.4. The molecule has 2 heterocycles. The van der Waals surface area contributed by atoms with Crippen molar-refractivity contribution >= 4 is 35.3 Å². The first-order valence-corrected chi connectivity index (χ1v) is 9.81. The Morgan fingerprint density at radius 2 is 1.69 bits per heavy atom. The van der Waals surface area contributed by atoms with E-state index >= 15 is 0 Å². The van der Waals surface area contributed by atoms with Crippen LogP contribution in [-0.2, 0) is 27.1 Å². The molecule has 0 aromatic carbocycles. The van der Waals surface area contributed by atoms with E-state index in [1.54, 1.807) is 12.3 Å². The van der Waals surface area contributed by atoms with Gasteiger partial charge in [0, 0.05) is 29.6 Å². The van der Waals surface area contributed by atoms with Crippen LogP contribution >= 0.6 is 12.2 Å². The molecule has 0 spiro atoms. The summed E-state index contributed by atoms with van der Waals surface area (Å²) in [5.41, 5.74) is 5.88. The lowest BCUT2D eigenvalue weighted by Crippen LogP contribution is -2.12. The molecule has 0 fully saturated rings. The molecule has 0 saturated heterocycles. The molecule has 0 aliphatic heterocycles. The molecule has 0 saturated carbocycles. The normalized spacial score (nSPS) is 10.7. The Kier molecular flexibility index (Phi) is 7.50. The van der Waals surface area contributed by atoms with Crippen molar-refractivity contribution in [2.45, 2.75) is 46.5 Å². The summed E-state index contributed by atoms with van der Waals surface area (Å²) < 4.78 is 9.46. The molecule has 7 nitrogen and oxygen atoms in total. The Morgan fingerprint density at radius 3 is 2.24 bits per heavy atom. The molecule has 0 bridgehead atoms. The van der Waals surface area contributed by atoms with Gasteiger partial charge in [-0.15, -0.1) is 0 Å². The second-order valence-corrected chi connectivity index (χ2v) is 6.97. The van der Waals surface area contributed by atoms with Crippen molar-refractivity contribution in [1.82, 2.24) is 9.97 Å². The number of ether oxygens (including phenoxy) is 2. The van der Waals surface area contributed by atoms with Gasteiger partial charge >= 0.3 is 11.9 Å². The lowest BCUT2D eigenvalue weighted by Gasteiger charge is -2.04. The van der Waals surface area contributed by atoms with E-state index < -0.39 is 11.9 Å². The minimum Gasteiger partial charge on any atom is -0.469 e. The van der Waals surface area contributed by atoms with Crippen LogP contribution in [0.2, 0.25) is 0 Å². The van der Waals surface area contributed by atoms with Crippen LogP contribution in [0, 0.1) is 13.8 Å². The van der Waals surface area contributed by atoms with Crippen molar-refractivity contribution in [2.24, 2.45) is 0 Å². The first kappa shape index (κ1) is 22.5. The van der Waals surface area contributed by atoms with E-state index in [0.717, 1.165) is 34.6 Å². The minimum atomic E-state index is -0.593. The van der Waals surface area contributed by atoms with Gasteiger partial charge in [-0.2, -0.15) is 0 Å². The summed E-state index contributed by atoms with van der Waals surface area (Å²) in [6, 6.07) is 0. The third-order valence-electron chi connectivity index (χ3n) is 5.14. The van der Waals surface area contributed by atoms with Crippen molar-refractivity contribution in [3.05, 3.63) is 45.0 Å². The molecule has 2 N–H and O–H groups in total. The van der Waals surface area contributed by atoms with Gasteiger partial charge in [0.2, 0.25) is 0 Å². The van der Waals surface area contributed by atoms with Gasteiger partial charge in [-0.05, 0) is 37.0 Å². The van der Waals surface area contributed by atoms with Gasteiger partial charge in [-0.3, -0.25) is 9.59 Å². The van der Waals surface area contributed by atoms with Crippen LogP contribution in [0.4, 0.5) is 0 Å². The second-order valence-electron chi connectivity index (χ2n) is 6.74. The number of nitrogens with one attached hydrogen (secondary N) is 2. The Bertz CT molecular complexity index is 955. The van der Waals surface area contributed by atoms with Crippen LogP contribution in [0.1, 0.15) is 74.4 Å². The molecule has 0 aliphatic carbocycles. The van der Waals surface area contributed by atoms with E-state index in [1.807, 2.05) is 6.92 Å². The maximum atomic E-state index is 12.7. The summed E-state index contributed by atoms with van der Waals surface area (Å²) in [5, 5.41) is 1.61. The van der Waals surface area contributed by atoms with Gasteiger partial charge in [0.1, 0.15) is 0 Å². The third-order valence-corrected chi connectivity index (χ3v) is 5.37. The average molecular weight is 419 g/mol. The number of thiocarbonyl (C=S) groups is 1. The van der Waals surface area contributed by atoms with E-state index in [2.05, 4.69) is 21.6 Å². The average Bonchev–Trinajstić information content (AvgIpc) is 3.21. The molecule has 0 amide bonds. The molecule has 0 aliphatic rings. The maximum absolute atomic E-state index is 12.7. The van der Waals surface area contributed by atoms with Crippen LogP contribution in [0.25, 0.3) is 0 Å². The van der Waals surface area contributed by atoms with Crippen molar-refractivity contribution in [2.75, 3.05) is 14.2 Å². The van der Waals surface area contributed by atoms with Gasteiger partial charge in [0.05, 0.1) is 37.6 Å². The Morgan fingerprint density at radius 1 is 1.00 bits per heavy atom. The van der Waals surface area contributed by atoms with Gasteiger partial charge in [0.15, 0.2) is 5.78 Å². The van der Waals surface area contributed by atoms with E-state index in [4.69, 9.17) is 17.0 Å². The molecular formula is C21H26N2O5S. The Hall–Kier alpha value is -2.74. The zero-order valence-corrected chi connectivity index (χ0v) is 18.2. The van der Waals surface area contributed by atoms with Crippen molar-refractivity contribution in [3.63, 3.8) is 0 Å². The third kappa shape index (κ3) is 4.64. The monoisotopic (exact) mass is 418 g/mol. The number of esters is 2. The lowest BCUT2D eigenvalue weighted by molar-refractivity contribution is -0.140.